The van der Waals surface area contributed by atoms with E-state index in [0.717, 1.165) is 33.6 Å². The predicted octanol–water partition coefficient (Wildman–Crippen LogP) is 5.09. The van der Waals surface area contributed by atoms with Gasteiger partial charge in [-0.15, -0.1) is 18.3 Å². The van der Waals surface area contributed by atoms with Gasteiger partial charge in [-0.3, -0.25) is 19.1 Å². The Kier molecular flexibility index (Phi) is 12.4. The van der Waals surface area contributed by atoms with Crippen molar-refractivity contribution in [2.75, 3.05) is 18.9 Å². The maximum absolute atomic E-state index is 14.6. The number of ether oxygens (including phenoxy) is 3. The Hall–Kier alpha value is -4.05. The molecule has 3 fully saturated rings. The number of nitrogens with one attached hydrogen (secondary N) is 3. The summed E-state index contributed by atoms with van der Waals surface area (Å²) in [5, 5.41) is 6.50. The second-order valence-electron chi connectivity index (χ2n) is 16.5. The average molecular weight is 802 g/mol. The molecule has 1 aromatic carbocycles. The van der Waals surface area contributed by atoms with Crippen LogP contribution in [0.4, 0.5) is 4.79 Å². The Morgan fingerprint density at radius 3 is 2.38 bits per heavy atom. The number of fused-ring (bicyclic) bond motifs is 1. The monoisotopic (exact) mass is 801 g/mol. The number of carbonyl (C=O) groups is 4. The number of hydrogen-bond donors (Lipinski definition) is 3. The van der Waals surface area contributed by atoms with Gasteiger partial charge in [-0.05, 0) is 82.7 Å². The lowest BCUT2D eigenvalue weighted by molar-refractivity contribution is -0.143. The van der Waals surface area contributed by atoms with E-state index in [1.54, 1.807) is 59.5 Å². The number of nitrogens with zero attached hydrogens (tertiary/aromatic N) is 2. The fourth-order valence-corrected chi connectivity index (χ4v) is 9.06. The molecule has 3 aliphatic rings. The molecule has 2 heterocycles. The van der Waals surface area contributed by atoms with Gasteiger partial charge in [-0.2, -0.15) is 0 Å². The number of carbonyl (C=O) groups excluding carboxylic acids is 4. The molecule has 1 saturated heterocycles. The predicted molar refractivity (Wildman–Crippen MR) is 210 cm³/mol. The molecule has 2 aromatic rings. The van der Waals surface area contributed by atoms with E-state index in [4.69, 9.17) is 14.2 Å². The minimum atomic E-state index is -3.91. The molecule has 3 N–H and O–H groups in total. The summed E-state index contributed by atoms with van der Waals surface area (Å²) in [5.41, 5.74) is -3.21. The van der Waals surface area contributed by atoms with Gasteiger partial charge in [-0.1, -0.05) is 33.8 Å². The maximum atomic E-state index is 14.6. The number of benzene rings is 1. The average Bonchev–Trinajstić information content (AvgIpc) is 4.02. The van der Waals surface area contributed by atoms with Gasteiger partial charge in [0.25, 0.3) is 5.91 Å². The van der Waals surface area contributed by atoms with Crippen LogP contribution in [0.15, 0.2) is 41.9 Å². The Labute approximate surface area is 328 Å². The largest absolute Gasteiger partial charge is 0.493 e. The summed E-state index contributed by atoms with van der Waals surface area (Å²) in [6, 6.07) is 3.38. The first-order valence-electron chi connectivity index (χ1n) is 18.9. The Morgan fingerprint density at radius 1 is 1.09 bits per heavy atom. The van der Waals surface area contributed by atoms with Crippen molar-refractivity contribution in [2.24, 2.45) is 11.3 Å². The van der Waals surface area contributed by atoms with Crippen LogP contribution in [0, 0.1) is 11.3 Å². The molecule has 5 atom stereocenters. The Morgan fingerprint density at radius 2 is 1.80 bits per heavy atom. The quantitative estimate of drug-likeness (QED) is 0.161. The van der Waals surface area contributed by atoms with Crippen LogP contribution in [0.25, 0.3) is 10.8 Å². The first kappa shape index (κ1) is 42.1. The number of pyridine rings is 1. The molecule has 4 amide bonds. The zero-order chi connectivity index (χ0) is 40.5. The van der Waals surface area contributed by atoms with Crippen molar-refractivity contribution < 1.29 is 41.8 Å². The van der Waals surface area contributed by atoms with E-state index in [0.29, 0.717) is 25.3 Å². The first-order valence-corrected chi connectivity index (χ1v) is 21.4. The topological polar surface area (TPSA) is 182 Å². The molecule has 2 saturated carbocycles. The van der Waals surface area contributed by atoms with Gasteiger partial charge in [0.2, 0.25) is 27.7 Å². The van der Waals surface area contributed by atoms with Crippen molar-refractivity contribution in [2.45, 2.75) is 127 Å². The molecule has 0 spiro atoms. The molecule has 14 nitrogen and oxygen atoms in total. The van der Waals surface area contributed by atoms with E-state index in [1.807, 2.05) is 25.1 Å². The van der Waals surface area contributed by atoms with E-state index >= 15 is 0 Å². The smallest absolute Gasteiger partial charge is 0.408 e. The molecule has 55 heavy (non-hydrogen) atoms. The Balaban J connectivity index is 1.47. The van der Waals surface area contributed by atoms with Crippen LogP contribution in [0.5, 0.6) is 11.6 Å². The molecule has 0 radical (unpaired) electrons. The third kappa shape index (κ3) is 9.68. The second-order valence-corrected chi connectivity index (χ2v) is 19.6. The van der Waals surface area contributed by atoms with Crippen molar-refractivity contribution in [1.82, 2.24) is 25.2 Å². The molecular formula is C39H55N5O9S2. The number of hydrogen-bond acceptors (Lipinski definition) is 11. The molecular weight excluding hydrogens is 747 g/mol. The standard InChI is InChI=1S/C39H55N5O9S2/c1-10-19-54-30-26-17-18-40-33(27(26)15-16-29(30)51-12-3)52-24-20-28(44(22-24)34(46)31(37(4,5)6)41-36(48)53-38(7,8)9)32(45)42-39(21-23(39)11-2)35(47)43-55(49,50)25-13-14-25/h11,15-18,23-25,28,31H,2,10,12-14,19-22H2,1,3-9H3,(H,41,48)(H,42,45)(H,43,47)/t23?,24-,28+,31-,39-/m1/s1. The minimum absolute atomic E-state index is 0.0181. The summed E-state index contributed by atoms with van der Waals surface area (Å²) in [5.74, 6) is -0.652. The number of alkyl carbamates (subject to hydrolysis) is 1. The summed E-state index contributed by atoms with van der Waals surface area (Å²) in [4.78, 5) is 62.4. The zero-order valence-corrected chi connectivity index (χ0v) is 34.7. The summed E-state index contributed by atoms with van der Waals surface area (Å²) in [6.45, 7) is 18.8. The van der Waals surface area contributed by atoms with Crippen LogP contribution >= 0.6 is 11.8 Å². The fraction of sp³-hybridized carbons (Fsp3) is 0.615. The van der Waals surface area contributed by atoms with Crippen LogP contribution in [-0.4, -0.2) is 95.6 Å². The Bertz CT molecular complexity index is 1920. The van der Waals surface area contributed by atoms with Gasteiger partial charge in [-0.25, -0.2) is 18.2 Å². The molecule has 1 unspecified atom stereocenters. The van der Waals surface area contributed by atoms with E-state index in [1.165, 1.54) is 11.0 Å². The summed E-state index contributed by atoms with van der Waals surface area (Å²) < 4.78 is 45.6. The van der Waals surface area contributed by atoms with E-state index in [2.05, 4.69) is 33.8 Å². The lowest BCUT2D eigenvalue weighted by atomic mass is 9.85. The van der Waals surface area contributed by atoms with E-state index in [9.17, 15) is 27.6 Å². The van der Waals surface area contributed by atoms with Gasteiger partial charge in [0.15, 0.2) is 0 Å². The fourth-order valence-electron chi connectivity index (χ4n) is 6.69. The molecule has 5 rings (SSSR count). The van der Waals surface area contributed by atoms with E-state index in [-0.39, 0.29) is 19.4 Å². The summed E-state index contributed by atoms with van der Waals surface area (Å²) >= 11 is 1.68. The van der Waals surface area contributed by atoms with Crippen LogP contribution in [-0.2, 0) is 29.1 Å². The molecule has 2 aliphatic carbocycles. The van der Waals surface area contributed by atoms with Crippen molar-refractivity contribution in [3.63, 3.8) is 0 Å². The second kappa shape index (κ2) is 16.2. The molecule has 0 bridgehead atoms. The van der Waals surface area contributed by atoms with Crippen LogP contribution in [0.3, 0.4) is 0 Å². The normalized spacial score (nSPS) is 23.1. The first-order chi connectivity index (χ1) is 25.7. The van der Waals surface area contributed by atoms with Crippen molar-refractivity contribution in [3.05, 3.63) is 37.1 Å². The summed E-state index contributed by atoms with van der Waals surface area (Å²) in [6.07, 6.45) is 3.66. The number of rotatable bonds is 15. The summed E-state index contributed by atoms with van der Waals surface area (Å²) in [7, 11) is -3.91. The lowest BCUT2D eigenvalue weighted by Crippen LogP contribution is -2.60. The van der Waals surface area contributed by atoms with Crippen molar-refractivity contribution in [3.8, 4) is 11.6 Å². The number of thioether (sulfide) groups is 1. The lowest BCUT2D eigenvalue weighted by Gasteiger charge is -2.36. The molecule has 1 aliphatic heterocycles. The van der Waals surface area contributed by atoms with Crippen molar-refractivity contribution >= 4 is 56.4 Å². The molecule has 16 heteroatoms. The number of likely N-dealkylation sites (tertiary alicyclic amines) is 1. The number of amides is 4. The number of aromatic nitrogens is 1. The molecule has 302 valence electrons. The highest BCUT2D eigenvalue weighted by atomic mass is 32.2. The highest BCUT2D eigenvalue weighted by Crippen LogP contribution is 2.46. The van der Waals surface area contributed by atoms with Gasteiger partial charge in [0.05, 0.1) is 23.3 Å². The van der Waals surface area contributed by atoms with Gasteiger partial charge in [0.1, 0.15) is 35.1 Å². The highest BCUT2D eigenvalue weighted by molar-refractivity contribution is 7.99. The maximum Gasteiger partial charge on any atom is 0.408 e. The van der Waals surface area contributed by atoms with Crippen LogP contribution in [0.1, 0.15) is 87.5 Å². The van der Waals surface area contributed by atoms with Crippen molar-refractivity contribution in [1.29, 1.82) is 0 Å². The SMILES string of the molecule is C=CC1C[C@]1(NC(=O)[C@@H]1C[C@@H](Oc2nccc3c(SCCC)c(OCC)ccc23)CN1C(=O)[C@@H](NC(=O)OC(C)(C)C)C(C)(C)C)C(=O)NS(=O)(=O)C1CC1. The third-order valence-electron chi connectivity index (χ3n) is 9.72. The molecule has 1 aromatic heterocycles. The minimum Gasteiger partial charge on any atom is -0.493 e. The third-order valence-corrected chi connectivity index (χ3v) is 12.9. The van der Waals surface area contributed by atoms with E-state index < -0.39 is 79.7 Å². The highest BCUT2D eigenvalue weighted by Gasteiger charge is 2.62. The van der Waals surface area contributed by atoms with Crippen LogP contribution < -0.4 is 24.8 Å². The van der Waals surface area contributed by atoms with Gasteiger partial charge < -0.3 is 29.7 Å². The van der Waals surface area contributed by atoms with Crippen LogP contribution in [0.2, 0.25) is 0 Å². The zero-order valence-electron chi connectivity index (χ0n) is 33.0. The van der Waals surface area contributed by atoms with Gasteiger partial charge in [0, 0.05) is 29.3 Å². The number of sulfonamides is 1. The van der Waals surface area contributed by atoms with Gasteiger partial charge >= 0.3 is 6.09 Å².